The number of aromatic nitrogens is 2. The first-order valence-electron chi connectivity index (χ1n) is 9.86. The minimum Gasteiger partial charge on any atom is -0.206 e. The normalized spacial score (nSPS) is 11.9. The quantitative estimate of drug-likeness (QED) is 0.348. The highest BCUT2D eigenvalue weighted by Gasteiger charge is 2.08. The summed E-state index contributed by atoms with van der Waals surface area (Å²) < 4.78 is 36.9. The zero-order chi connectivity index (χ0) is 21.1. The van der Waals surface area contributed by atoms with E-state index in [1.54, 1.807) is 6.07 Å². The minimum atomic E-state index is -0.489. The molecule has 0 fully saturated rings. The highest BCUT2D eigenvalue weighted by Crippen LogP contribution is 2.24. The molecule has 0 aliphatic carbocycles. The van der Waals surface area contributed by atoms with Crippen molar-refractivity contribution in [3.05, 3.63) is 82.9 Å². The van der Waals surface area contributed by atoms with E-state index in [0.717, 1.165) is 35.7 Å². The van der Waals surface area contributed by atoms with Crippen LogP contribution in [0.5, 0.6) is 0 Å². The summed E-state index contributed by atoms with van der Waals surface area (Å²) >= 11 is 1.02. The highest BCUT2D eigenvalue weighted by molar-refractivity contribution is 7.00. The van der Waals surface area contributed by atoms with Gasteiger partial charge in [-0.3, -0.25) is 0 Å². The Kier molecular flexibility index (Phi) is 5.87. The molecule has 1 heterocycles. The second-order valence-electron chi connectivity index (χ2n) is 7.44. The molecule has 30 heavy (non-hydrogen) atoms. The topological polar surface area (TPSA) is 25.8 Å². The van der Waals surface area contributed by atoms with Gasteiger partial charge in [0.15, 0.2) is 0 Å². The van der Waals surface area contributed by atoms with Crippen molar-refractivity contribution >= 4 is 22.8 Å². The molecule has 0 amide bonds. The molecule has 0 radical (unpaired) electrons. The van der Waals surface area contributed by atoms with Crippen LogP contribution in [0.3, 0.4) is 0 Å². The second-order valence-corrected chi connectivity index (χ2v) is 7.97. The fourth-order valence-corrected chi connectivity index (χ4v) is 3.72. The van der Waals surface area contributed by atoms with Gasteiger partial charge in [0.2, 0.25) is 0 Å². The lowest BCUT2D eigenvalue weighted by atomic mass is 9.96. The first kappa shape index (κ1) is 20.2. The Labute approximate surface area is 178 Å². The monoisotopic (exact) mass is 418 g/mol. The maximum atomic E-state index is 14.6. The van der Waals surface area contributed by atoms with Gasteiger partial charge in [-0.25, -0.2) is 8.78 Å². The third-order valence-corrected chi connectivity index (χ3v) is 5.77. The van der Waals surface area contributed by atoms with Crippen LogP contribution in [0.1, 0.15) is 37.0 Å². The first-order valence-corrected chi connectivity index (χ1v) is 10.6. The molecule has 0 spiro atoms. The summed E-state index contributed by atoms with van der Waals surface area (Å²) in [6.07, 6.45) is 2.19. The largest absolute Gasteiger partial charge is 0.206 e. The second kappa shape index (κ2) is 8.73. The Bertz CT molecular complexity index is 1250. The lowest BCUT2D eigenvalue weighted by Crippen LogP contribution is -1.97. The van der Waals surface area contributed by atoms with E-state index in [2.05, 4.69) is 46.6 Å². The van der Waals surface area contributed by atoms with Gasteiger partial charge in [0.1, 0.15) is 22.7 Å². The van der Waals surface area contributed by atoms with E-state index in [0.29, 0.717) is 17.0 Å². The van der Waals surface area contributed by atoms with E-state index in [9.17, 15) is 8.78 Å². The van der Waals surface area contributed by atoms with Gasteiger partial charge in [0.05, 0.1) is 22.9 Å². The Morgan fingerprint density at radius 1 is 0.833 bits per heavy atom. The van der Waals surface area contributed by atoms with Gasteiger partial charge >= 0.3 is 0 Å². The van der Waals surface area contributed by atoms with Gasteiger partial charge in [-0.05, 0) is 47.2 Å². The van der Waals surface area contributed by atoms with Crippen molar-refractivity contribution in [2.75, 3.05) is 0 Å². The lowest BCUT2D eigenvalue weighted by Gasteiger charge is -2.09. The maximum absolute atomic E-state index is 14.6. The molecule has 2 nitrogen and oxygen atoms in total. The highest BCUT2D eigenvalue weighted by atomic mass is 32.1. The molecule has 0 bridgehead atoms. The molecule has 0 saturated carbocycles. The van der Waals surface area contributed by atoms with Crippen molar-refractivity contribution in [1.82, 2.24) is 8.75 Å². The average molecular weight is 419 g/mol. The van der Waals surface area contributed by atoms with Crippen LogP contribution < -0.4 is 0 Å². The van der Waals surface area contributed by atoms with E-state index >= 15 is 0 Å². The number of hydrogen-bond acceptors (Lipinski definition) is 3. The van der Waals surface area contributed by atoms with Crippen LogP contribution in [-0.4, -0.2) is 8.75 Å². The molecule has 1 unspecified atom stereocenters. The van der Waals surface area contributed by atoms with Crippen LogP contribution in [0.25, 0.3) is 22.2 Å². The Balaban J connectivity index is 1.56. The molecule has 5 heteroatoms. The van der Waals surface area contributed by atoms with Crippen LogP contribution in [0, 0.1) is 29.4 Å². The van der Waals surface area contributed by atoms with Gasteiger partial charge in [-0.1, -0.05) is 62.4 Å². The fourth-order valence-electron chi connectivity index (χ4n) is 3.21. The molecular weight excluding hydrogens is 398 g/mol. The van der Waals surface area contributed by atoms with E-state index in [4.69, 9.17) is 0 Å². The summed E-state index contributed by atoms with van der Waals surface area (Å²) in [5.74, 6) is 5.17. The van der Waals surface area contributed by atoms with Gasteiger partial charge < -0.3 is 0 Å². The average Bonchev–Trinajstić information content (AvgIpc) is 3.20. The summed E-state index contributed by atoms with van der Waals surface area (Å²) in [6.45, 7) is 4.43. The lowest BCUT2D eigenvalue weighted by molar-refractivity contribution is 0.560. The van der Waals surface area contributed by atoms with Crippen molar-refractivity contribution < 1.29 is 8.78 Å². The third-order valence-electron chi connectivity index (χ3n) is 5.21. The van der Waals surface area contributed by atoms with E-state index in [1.165, 1.54) is 23.8 Å². The van der Waals surface area contributed by atoms with Crippen LogP contribution in [-0.2, 0) is 6.42 Å². The molecule has 1 aromatic heterocycles. The smallest absolute Gasteiger partial charge is 0.141 e. The van der Waals surface area contributed by atoms with Gasteiger partial charge in [0.25, 0.3) is 0 Å². The van der Waals surface area contributed by atoms with Crippen LogP contribution in [0.15, 0.2) is 54.6 Å². The third kappa shape index (κ3) is 4.39. The predicted octanol–water partition coefficient (Wildman–Crippen LogP) is 6.62. The minimum absolute atomic E-state index is 0.176. The molecule has 0 aliphatic rings. The molecule has 1 atom stereocenters. The van der Waals surface area contributed by atoms with Crippen molar-refractivity contribution in [3.63, 3.8) is 0 Å². The number of benzene rings is 3. The summed E-state index contributed by atoms with van der Waals surface area (Å²) in [7, 11) is 0. The molecule has 150 valence electrons. The van der Waals surface area contributed by atoms with Crippen molar-refractivity contribution in [3.8, 4) is 23.0 Å². The standard InChI is InChI=1S/C25H20F2N2S/c1-3-16(2)12-17-4-6-18(7-5-17)20-10-8-19(22(26)13-20)9-11-21-14-24-25(15-23(21)27)29-30-28-24/h4-8,10,13-16H,3,12H2,1-2H3. The van der Waals surface area contributed by atoms with Crippen LogP contribution >= 0.6 is 11.7 Å². The Morgan fingerprint density at radius 3 is 2.17 bits per heavy atom. The summed E-state index contributed by atoms with van der Waals surface area (Å²) in [4.78, 5) is 0. The first-order chi connectivity index (χ1) is 14.5. The SMILES string of the molecule is CCC(C)Cc1ccc(-c2ccc(C#Cc3cc4nsnc4cc3F)c(F)c2)cc1. The molecule has 0 N–H and O–H groups in total. The molecule has 0 saturated heterocycles. The van der Waals surface area contributed by atoms with Crippen LogP contribution in [0.4, 0.5) is 8.78 Å². The summed E-state index contributed by atoms with van der Waals surface area (Å²) in [5.41, 5.74) is 4.50. The number of hydrogen-bond donors (Lipinski definition) is 0. The van der Waals surface area contributed by atoms with E-state index in [1.807, 2.05) is 18.2 Å². The number of rotatable bonds is 4. The zero-order valence-corrected chi connectivity index (χ0v) is 17.6. The molecule has 3 aromatic carbocycles. The van der Waals surface area contributed by atoms with Crippen LogP contribution in [0.2, 0.25) is 0 Å². The Morgan fingerprint density at radius 2 is 1.47 bits per heavy atom. The number of halogens is 2. The summed E-state index contributed by atoms with van der Waals surface area (Å²) in [6, 6.07) is 16.0. The van der Waals surface area contributed by atoms with E-state index < -0.39 is 11.6 Å². The van der Waals surface area contributed by atoms with Crippen molar-refractivity contribution in [1.29, 1.82) is 0 Å². The summed E-state index contributed by atoms with van der Waals surface area (Å²) in [5, 5.41) is 0. The van der Waals surface area contributed by atoms with Gasteiger partial charge in [-0.2, -0.15) is 8.75 Å². The molecule has 0 aliphatic heterocycles. The molecule has 4 rings (SSSR count). The maximum Gasteiger partial charge on any atom is 0.141 e. The molecular formula is C25H20F2N2S. The Hall–Kier alpha value is -3.10. The van der Waals surface area contributed by atoms with Gasteiger partial charge in [-0.15, -0.1) is 0 Å². The van der Waals surface area contributed by atoms with Gasteiger partial charge in [0, 0.05) is 6.07 Å². The zero-order valence-electron chi connectivity index (χ0n) is 16.7. The predicted molar refractivity (Wildman–Crippen MR) is 118 cm³/mol. The molecule has 4 aromatic rings. The van der Waals surface area contributed by atoms with Crippen molar-refractivity contribution in [2.24, 2.45) is 5.92 Å². The van der Waals surface area contributed by atoms with Crippen molar-refractivity contribution in [2.45, 2.75) is 26.7 Å². The van der Waals surface area contributed by atoms with E-state index in [-0.39, 0.29) is 11.1 Å². The fraction of sp³-hybridized carbons (Fsp3) is 0.200. The number of fused-ring (bicyclic) bond motifs is 1. The number of nitrogens with zero attached hydrogens (tertiary/aromatic N) is 2.